The van der Waals surface area contributed by atoms with Crippen LogP contribution < -0.4 is 10.6 Å². The average molecular weight is 528 g/mol. The molecule has 1 aliphatic rings. The monoisotopic (exact) mass is 528 g/mol. The second-order valence-corrected chi connectivity index (χ2v) is 8.10. The summed E-state index contributed by atoms with van der Waals surface area (Å²) in [4.78, 5) is 11.3. The maximum absolute atomic E-state index is 14.6. The minimum atomic E-state index is -0.270. The molecule has 2 aromatic rings. The summed E-state index contributed by atoms with van der Waals surface area (Å²) >= 11 is 0. The van der Waals surface area contributed by atoms with Gasteiger partial charge in [-0.05, 0) is 51.3 Å². The molecule has 1 fully saturated rings. The summed E-state index contributed by atoms with van der Waals surface area (Å²) in [6.45, 7) is 14.0. The zero-order chi connectivity index (χ0) is 21.0. The fourth-order valence-corrected chi connectivity index (χ4v) is 3.76. The van der Waals surface area contributed by atoms with E-state index in [1.165, 1.54) is 0 Å². The first-order chi connectivity index (χ1) is 13.9. The molecule has 1 aromatic carbocycles. The highest BCUT2D eigenvalue weighted by Gasteiger charge is 2.31. The van der Waals surface area contributed by atoms with Crippen LogP contribution in [0, 0.1) is 18.7 Å². The molecule has 2 N–H and O–H groups in total. The maximum Gasteiger partial charge on any atom is 0.191 e. The number of guanidine groups is 1. The zero-order valence-electron chi connectivity index (χ0n) is 18.5. The molecule has 1 aromatic heterocycles. The minimum Gasteiger partial charge on any atom is -0.357 e. The summed E-state index contributed by atoms with van der Waals surface area (Å²) in [5, 5.41) is 6.88. The lowest BCUT2D eigenvalue weighted by atomic mass is 10.1. The third-order valence-corrected chi connectivity index (χ3v) is 5.55. The average Bonchev–Trinajstić information content (AvgIpc) is 3.26. The highest BCUT2D eigenvalue weighted by Crippen LogP contribution is 2.19. The number of nitrogens with zero attached hydrogens (tertiary/aromatic N) is 4. The Morgan fingerprint density at radius 3 is 2.67 bits per heavy atom. The van der Waals surface area contributed by atoms with E-state index in [1.807, 2.05) is 13.0 Å². The van der Waals surface area contributed by atoms with Crippen molar-refractivity contribution in [1.82, 2.24) is 25.1 Å². The lowest BCUT2D eigenvalue weighted by Crippen LogP contribution is -2.46. The van der Waals surface area contributed by atoms with E-state index in [9.17, 15) is 4.39 Å². The summed E-state index contributed by atoms with van der Waals surface area (Å²) in [6.07, 6.45) is 3.44. The minimum absolute atomic E-state index is 0. The van der Waals surface area contributed by atoms with Crippen molar-refractivity contribution in [3.8, 4) is 5.69 Å². The molecule has 1 saturated heterocycles. The van der Waals surface area contributed by atoms with E-state index in [0.29, 0.717) is 30.2 Å². The number of nitrogens with one attached hydrogen (secondary N) is 2. The van der Waals surface area contributed by atoms with Crippen LogP contribution in [0.3, 0.4) is 0 Å². The van der Waals surface area contributed by atoms with Crippen molar-refractivity contribution in [3.05, 3.63) is 47.8 Å². The van der Waals surface area contributed by atoms with Gasteiger partial charge in [0.05, 0.1) is 12.2 Å². The van der Waals surface area contributed by atoms with Crippen LogP contribution in [-0.2, 0) is 6.54 Å². The van der Waals surface area contributed by atoms with Crippen LogP contribution in [0.15, 0.2) is 35.6 Å². The second-order valence-electron chi connectivity index (χ2n) is 8.10. The third-order valence-electron chi connectivity index (χ3n) is 5.55. The van der Waals surface area contributed by atoms with Crippen molar-refractivity contribution in [2.75, 3.05) is 19.6 Å². The normalized spacial score (nSPS) is 19.8. The van der Waals surface area contributed by atoms with Crippen molar-refractivity contribution in [3.63, 3.8) is 0 Å². The van der Waals surface area contributed by atoms with Gasteiger partial charge >= 0.3 is 0 Å². The van der Waals surface area contributed by atoms with Crippen LogP contribution in [0.1, 0.15) is 39.1 Å². The molecule has 166 valence electrons. The fraction of sp³-hybridized carbons (Fsp3) is 0.545. The first-order valence-corrected chi connectivity index (χ1v) is 10.5. The molecule has 0 amide bonds. The van der Waals surface area contributed by atoms with Gasteiger partial charge in [0.25, 0.3) is 0 Å². The number of imidazole rings is 1. The highest BCUT2D eigenvalue weighted by atomic mass is 127. The number of aliphatic imine (C=N–C) groups is 1. The summed E-state index contributed by atoms with van der Waals surface area (Å²) in [5.74, 6) is 1.82. The van der Waals surface area contributed by atoms with Gasteiger partial charge in [-0.3, -0.25) is 4.90 Å². The Balaban J connectivity index is 0.00000320. The highest BCUT2D eigenvalue weighted by molar-refractivity contribution is 14.0. The van der Waals surface area contributed by atoms with Gasteiger partial charge in [0.2, 0.25) is 0 Å². The van der Waals surface area contributed by atoms with Crippen molar-refractivity contribution in [2.45, 2.75) is 53.2 Å². The van der Waals surface area contributed by atoms with Gasteiger partial charge in [0, 0.05) is 44.1 Å². The number of benzene rings is 1. The Bertz CT molecular complexity index is 850. The first kappa shape index (κ1) is 24.6. The number of hydrogen-bond acceptors (Lipinski definition) is 3. The largest absolute Gasteiger partial charge is 0.357 e. The molecule has 2 atom stereocenters. The van der Waals surface area contributed by atoms with Gasteiger partial charge in [-0.1, -0.05) is 13.0 Å². The number of likely N-dealkylation sites (tertiary alicyclic amines) is 1. The van der Waals surface area contributed by atoms with Crippen LogP contribution in [0.25, 0.3) is 5.69 Å². The summed E-state index contributed by atoms with van der Waals surface area (Å²) < 4.78 is 16.4. The van der Waals surface area contributed by atoms with E-state index in [4.69, 9.17) is 4.99 Å². The Morgan fingerprint density at radius 1 is 1.33 bits per heavy atom. The molecule has 0 bridgehead atoms. The van der Waals surface area contributed by atoms with Crippen LogP contribution in [0.5, 0.6) is 0 Å². The maximum atomic E-state index is 14.6. The van der Waals surface area contributed by atoms with E-state index in [1.54, 1.807) is 29.1 Å². The number of aromatic nitrogens is 2. The summed E-state index contributed by atoms with van der Waals surface area (Å²) in [6, 6.07) is 6.17. The van der Waals surface area contributed by atoms with E-state index in [0.717, 1.165) is 37.0 Å². The van der Waals surface area contributed by atoms with Crippen molar-refractivity contribution in [2.24, 2.45) is 10.9 Å². The molecule has 8 heteroatoms. The third kappa shape index (κ3) is 5.94. The number of hydrogen-bond donors (Lipinski definition) is 2. The predicted molar refractivity (Wildman–Crippen MR) is 131 cm³/mol. The summed E-state index contributed by atoms with van der Waals surface area (Å²) in [7, 11) is 0. The van der Waals surface area contributed by atoms with Crippen molar-refractivity contribution in [1.29, 1.82) is 0 Å². The molecule has 0 saturated carbocycles. The lowest BCUT2D eigenvalue weighted by molar-refractivity contribution is 0.265. The van der Waals surface area contributed by atoms with Gasteiger partial charge < -0.3 is 15.2 Å². The number of rotatable bonds is 6. The van der Waals surface area contributed by atoms with Gasteiger partial charge in [-0.25, -0.2) is 14.4 Å². The molecule has 3 rings (SSSR count). The smallest absolute Gasteiger partial charge is 0.191 e. The Morgan fingerprint density at radius 2 is 2.10 bits per heavy atom. The molecular weight excluding hydrogens is 494 g/mol. The second kappa shape index (κ2) is 11.1. The lowest BCUT2D eigenvalue weighted by Gasteiger charge is -2.22. The van der Waals surface area contributed by atoms with Gasteiger partial charge in [0.1, 0.15) is 11.6 Å². The van der Waals surface area contributed by atoms with Crippen LogP contribution >= 0.6 is 24.0 Å². The van der Waals surface area contributed by atoms with Crippen LogP contribution in [0.2, 0.25) is 0 Å². The van der Waals surface area contributed by atoms with E-state index >= 15 is 0 Å². The van der Waals surface area contributed by atoms with Crippen molar-refractivity contribution < 1.29 is 4.39 Å². The molecule has 2 heterocycles. The van der Waals surface area contributed by atoms with Gasteiger partial charge in [0.15, 0.2) is 5.96 Å². The standard InChI is InChI=1S/C22H33FN6.HI/c1-6-24-22(27-20-14-28(15(2)3)13-16(20)4)26-12-18-7-8-21(19(23)11-18)29-10-9-25-17(29)5;/h7-11,15-16,20H,6,12-14H2,1-5H3,(H2,24,26,27);1H. The fourth-order valence-electron chi connectivity index (χ4n) is 3.76. The molecule has 2 unspecified atom stereocenters. The van der Waals surface area contributed by atoms with E-state index in [-0.39, 0.29) is 29.8 Å². The van der Waals surface area contributed by atoms with Gasteiger partial charge in [-0.15, -0.1) is 24.0 Å². The molecule has 0 spiro atoms. The summed E-state index contributed by atoms with van der Waals surface area (Å²) in [5.41, 5.74) is 1.34. The SMILES string of the molecule is CCNC(=NCc1ccc(-n2ccnc2C)c(F)c1)NC1CN(C(C)C)CC1C.I. The molecule has 30 heavy (non-hydrogen) atoms. The molecule has 6 nitrogen and oxygen atoms in total. The Labute approximate surface area is 196 Å². The number of aryl methyl sites for hydroxylation is 1. The van der Waals surface area contributed by atoms with Gasteiger partial charge in [-0.2, -0.15) is 0 Å². The predicted octanol–water partition coefficient (Wildman–Crippen LogP) is 3.72. The van der Waals surface area contributed by atoms with Crippen LogP contribution in [-0.4, -0.2) is 52.1 Å². The van der Waals surface area contributed by atoms with Crippen LogP contribution in [0.4, 0.5) is 4.39 Å². The number of halogens is 2. The van der Waals surface area contributed by atoms with E-state index < -0.39 is 0 Å². The van der Waals surface area contributed by atoms with Crippen molar-refractivity contribution >= 4 is 29.9 Å². The first-order valence-electron chi connectivity index (χ1n) is 10.5. The Kier molecular flexibility index (Phi) is 9.09. The molecule has 0 aliphatic carbocycles. The molecular formula is C22H34FIN6. The molecule has 1 aliphatic heterocycles. The van der Waals surface area contributed by atoms with E-state index in [2.05, 4.69) is 48.2 Å². The zero-order valence-corrected chi connectivity index (χ0v) is 20.9. The quantitative estimate of drug-likeness (QED) is 0.341. The Hall–Kier alpha value is -1.68. The topological polar surface area (TPSA) is 57.5 Å². The molecule has 0 radical (unpaired) electrons.